The smallest absolute Gasteiger partial charge is 0.367 e. The number of nitrogens with zero attached hydrogens (tertiary/aromatic N) is 2. The number of anilines is 1. The average molecular weight is 298 g/mol. The van der Waals surface area contributed by atoms with E-state index in [1.807, 2.05) is 13.8 Å². The van der Waals surface area contributed by atoms with Crippen molar-refractivity contribution in [3.05, 3.63) is 10.2 Å². The quantitative estimate of drug-likeness (QED) is 0.795. The minimum Gasteiger partial charge on any atom is -0.367 e. The molecule has 0 saturated carbocycles. The molecule has 2 heterocycles. The van der Waals surface area contributed by atoms with Gasteiger partial charge in [-0.1, -0.05) is 0 Å². The Labute approximate surface area is 99.1 Å². The van der Waals surface area contributed by atoms with E-state index in [1.165, 1.54) is 4.68 Å². The first-order valence-electron chi connectivity index (χ1n) is 4.92. The number of rotatable bonds is 0. The van der Waals surface area contributed by atoms with Gasteiger partial charge in [0.25, 0.3) is 0 Å². The second-order valence-corrected chi connectivity index (χ2v) is 4.88. The summed E-state index contributed by atoms with van der Waals surface area (Å²) in [4.78, 5) is 0. The monoisotopic (exact) mass is 297 g/mol. The number of nitrogens with one attached hydrogen (secondary N) is 1. The first-order valence-corrected chi connectivity index (χ1v) is 5.71. The van der Waals surface area contributed by atoms with Crippen molar-refractivity contribution in [2.45, 2.75) is 38.5 Å². The van der Waals surface area contributed by atoms with Crippen LogP contribution in [0.25, 0.3) is 0 Å². The summed E-state index contributed by atoms with van der Waals surface area (Å²) in [7, 11) is 0. The van der Waals surface area contributed by atoms with E-state index in [0.29, 0.717) is 5.82 Å². The van der Waals surface area contributed by atoms with Crippen LogP contribution in [-0.4, -0.2) is 15.8 Å². The van der Waals surface area contributed by atoms with Crippen LogP contribution < -0.4 is 5.32 Å². The molecule has 7 heteroatoms. The Bertz CT molecular complexity index is 413. The molecule has 16 heavy (non-hydrogen) atoms. The molecule has 3 nitrogen and oxygen atoms in total. The predicted octanol–water partition coefficient (Wildman–Crippen LogP) is 3.43. The van der Waals surface area contributed by atoms with Gasteiger partial charge in [-0.25, -0.2) is 4.68 Å². The predicted molar refractivity (Wildman–Crippen MR) is 57.3 cm³/mol. The summed E-state index contributed by atoms with van der Waals surface area (Å²) in [5.74, 6) is 0.415. The molecule has 2 rings (SSSR count). The second kappa shape index (κ2) is 3.65. The van der Waals surface area contributed by atoms with Crippen LogP contribution in [-0.2, 0) is 6.18 Å². The van der Waals surface area contributed by atoms with Crippen LogP contribution in [0.3, 0.4) is 0 Å². The molecule has 0 aromatic carbocycles. The molecule has 1 aromatic heterocycles. The fourth-order valence-corrected chi connectivity index (χ4v) is 2.55. The summed E-state index contributed by atoms with van der Waals surface area (Å²) in [5, 5.41) is 6.62. The van der Waals surface area contributed by atoms with Crippen molar-refractivity contribution >= 4 is 21.7 Å². The molecule has 0 radical (unpaired) electrons. The Morgan fingerprint density at radius 1 is 1.44 bits per heavy atom. The van der Waals surface area contributed by atoms with Gasteiger partial charge in [0.15, 0.2) is 5.69 Å². The third kappa shape index (κ3) is 1.81. The minimum absolute atomic E-state index is 0.00148. The van der Waals surface area contributed by atoms with Gasteiger partial charge in [-0.3, -0.25) is 0 Å². The van der Waals surface area contributed by atoms with Gasteiger partial charge in [0.2, 0.25) is 0 Å². The van der Waals surface area contributed by atoms with E-state index in [-0.39, 0.29) is 16.6 Å². The van der Waals surface area contributed by atoms with E-state index in [4.69, 9.17) is 0 Å². The van der Waals surface area contributed by atoms with Crippen LogP contribution in [0.2, 0.25) is 0 Å². The maximum absolute atomic E-state index is 12.6. The van der Waals surface area contributed by atoms with Crippen LogP contribution in [0.5, 0.6) is 0 Å². The molecule has 1 aliphatic heterocycles. The van der Waals surface area contributed by atoms with Gasteiger partial charge in [-0.15, -0.1) is 0 Å². The number of alkyl halides is 3. The summed E-state index contributed by atoms with van der Waals surface area (Å²) in [6.07, 6.45) is -3.66. The largest absolute Gasteiger partial charge is 0.436 e. The maximum atomic E-state index is 12.6. The van der Waals surface area contributed by atoms with Crippen LogP contribution >= 0.6 is 15.9 Å². The van der Waals surface area contributed by atoms with Crippen molar-refractivity contribution in [2.75, 3.05) is 5.32 Å². The van der Waals surface area contributed by atoms with Crippen molar-refractivity contribution in [1.82, 2.24) is 9.78 Å². The summed E-state index contributed by atoms with van der Waals surface area (Å²) < 4.78 is 39.3. The molecule has 0 amide bonds. The lowest BCUT2D eigenvalue weighted by molar-refractivity contribution is -0.142. The highest BCUT2D eigenvalue weighted by atomic mass is 79.9. The summed E-state index contributed by atoms with van der Waals surface area (Å²) in [6.45, 7) is 3.80. The Hall–Kier alpha value is -0.720. The summed E-state index contributed by atoms with van der Waals surface area (Å²) in [6, 6.07) is 0.121. The third-order valence-electron chi connectivity index (χ3n) is 2.62. The Kier molecular flexibility index (Phi) is 2.68. The highest BCUT2D eigenvalue weighted by Crippen LogP contribution is 2.41. The molecule has 0 fully saturated rings. The molecule has 1 N–H and O–H groups in total. The van der Waals surface area contributed by atoms with E-state index >= 15 is 0 Å². The zero-order valence-electron chi connectivity index (χ0n) is 8.77. The number of halogens is 4. The fraction of sp³-hybridized carbons (Fsp3) is 0.667. The van der Waals surface area contributed by atoms with Crippen LogP contribution in [0.4, 0.5) is 19.0 Å². The SMILES string of the molecule is CC1CC(C)n2nc(C(F)(F)F)c(Br)c2N1. The highest BCUT2D eigenvalue weighted by molar-refractivity contribution is 9.10. The molecule has 1 aliphatic rings. The van der Waals surface area contributed by atoms with Gasteiger partial charge in [0.05, 0.1) is 10.5 Å². The van der Waals surface area contributed by atoms with E-state index in [2.05, 4.69) is 26.3 Å². The van der Waals surface area contributed by atoms with Gasteiger partial charge >= 0.3 is 6.18 Å². The average Bonchev–Trinajstić information content (AvgIpc) is 2.43. The first kappa shape index (κ1) is 11.8. The normalized spacial score (nSPS) is 25.1. The topological polar surface area (TPSA) is 29.9 Å². The van der Waals surface area contributed by atoms with Crippen molar-refractivity contribution in [1.29, 1.82) is 0 Å². The van der Waals surface area contributed by atoms with E-state index in [9.17, 15) is 13.2 Å². The molecule has 1 aromatic rings. The molecule has 0 bridgehead atoms. The van der Waals surface area contributed by atoms with Crippen molar-refractivity contribution in [3.63, 3.8) is 0 Å². The van der Waals surface area contributed by atoms with Crippen LogP contribution in [0, 0.1) is 0 Å². The zero-order valence-corrected chi connectivity index (χ0v) is 10.4. The summed E-state index contributed by atoms with van der Waals surface area (Å²) >= 11 is 2.96. The van der Waals surface area contributed by atoms with Gasteiger partial charge in [-0.2, -0.15) is 18.3 Å². The molecule has 0 spiro atoms. The van der Waals surface area contributed by atoms with Crippen LogP contribution in [0.1, 0.15) is 32.0 Å². The van der Waals surface area contributed by atoms with Gasteiger partial charge in [0.1, 0.15) is 5.82 Å². The number of aromatic nitrogens is 2. The molecule has 0 aliphatic carbocycles. The third-order valence-corrected chi connectivity index (χ3v) is 3.37. The van der Waals surface area contributed by atoms with Crippen molar-refractivity contribution < 1.29 is 13.2 Å². The van der Waals surface area contributed by atoms with Crippen LogP contribution in [0.15, 0.2) is 4.47 Å². The second-order valence-electron chi connectivity index (χ2n) is 4.08. The highest BCUT2D eigenvalue weighted by Gasteiger charge is 2.40. The number of fused-ring (bicyclic) bond motifs is 1. The number of hydrogen-bond acceptors (Lipinski definition) is 2. The van der Waals surface area contributed by atoms with Crippen molar-refractivity contribution in [3.8, 4) is 0 Å². The van der Waals surface area contributed by atoms with E-state index in [0.717, 1.165) is 6.42 Å². The number of hydrogen-bond donors (Lipinski definition) is 1. The standard InChI is InChI=1S/C9H11BrF3N3/c1-4-3-5(2)16-8(14-4)6(10)7(15-16)9(11,12)13/h4-5,14H,3H2,1-2H3. The van der Waals surface area contributed by atoms with Gasteiger partial charge < -0.3 is 5.32 Å². The molecule has 90 valence electrons. The van der Waals surface area contributed by atoms with E-state index in [1.54, 1.807) is 0 Å². The lowest BCUT2D eigenvalue weighted by Gasteiger charge is -2.27. The lowest BCUT2D eigenvalue weighted by atomic mass is 10.1. The molecule has 0 saturated heterocycles. The molecule has 2 unspecified atom stereocenters. The van der Waals surface area contributed by atoms with E-state index < -0.39 is 11.9 Å². The van der Waals surface area contributed by atoms with Crippen molar-refractivity contribution in [2.24, 2.45) is 0 Å². The Balaban J connectivity index is 2.52. The minimum atomic E-state index is -4.42. The lowest BCUT2D eigenvalue weighted by Crippen LogP contribution is -2.28. The molecule has 2 atom stereocenters. The van der Waals surface area contributed by atoms with Gasteiger partial charge in [0, 0.05) is 6.04 Å². The molecular formula is C9H11BrF3N3. The molecular weight excluding hydrogens is 287 g/mol. The first-order chi connectivity index (χ1) is 7.30. The maximum Gasteiger partial charge on any atom is 0.436 e. The summed E-state index contributed by atoms with van der Waals surface area (Å²) in [5.41, 5.74) is -0.865. The Morgan fingerprint density at radius 2 is 2.06 bits per heavy atom. The van der Waals surface area contributed by atoms with Gasteiger partial charge in [-0.05, 0) is 36.2 Å². The fourth-order valence-electron chi connectivity index (χ4n) is 1.95. The Morgan fingerprint density at radius 3 is 2.62 bits per heavy atom. The zero-order chi connectivity index (χ0) is 12.1.